The molecule has 0 saturated heterocycles. The largest absolute Gasteiger partial charge is 0.393 e. The lowest BCUT2D eigenvalue weighted by Gasteiger charge is -2.28. The van der Waals surface area contributed by atoms with Gasteiger partial charge in [-0.1, -0.05) is 12.8 Å². The molecule has 18 heavy (non-hydrogen) atoms. The van der Waals surface area contributed by atoms with Crippen LogP contribution >= 0.6 is 0 Å². The number of hydrogen-bond donors (Lipinski definition) is 2. The van der Waals surface area contributed by atoms with E-state index in [-0.39, 0.29) is 6.10 Å². The molecule has 100 valence electrons. The van der Waals surface area contributed by atoms with Crippen LogP contribution in [-0.4, -0.2) is 31.9 Å². The van der Waals surface area contributed by atoms with E-state index in [1.807, 2.05) is 14.1 Å². The van der Waals surface area contributed by atoms with Gasteiger partial charge in [-0.3, -0.25) is 0 Å². The SMILES string of the molecule is CN(C)c1ccc(NCC2CCCCC2O)cc1. The molecule has 0 heterocycles. The van der Waals surface area contributed by atoms with Crippen molar-refractivity contribution < 1.29 is 5.11 Å². The second-order valence-electron chi connectivity index (χ2n) is 5.43. The van der Waals surface area contributed by atoms with Crippen LogP contribution in [0, 0.1) is 5.92 Å². The van der Waals surface area contributed by atoms with Gasteiger partial charge in [0.1, 0.15) is 0 Å². The Labute approximate surface area is 110 Å². The van der Waals surface area contributed by atoms with Crippen molar-refractivity contribution in [2.45, 2.75) is 31.8 Å². The third-order valence-corrected chi connectivity index (χ3v) is 3.82. The summed E-state index contributed by atoms with van der Waals surface area (Å²) in [5.74, 6) is 0.410. The van der Waals surface area contributed by atoms with Gasteiger partial charge in [-0.2, -0.15) is 0 Å². The summed E-state index contributed by atoms with van der Waals surface area (Å²) in [4.78, 5) is 2.09. The molecule has 1 aliphatic carbocycles. The smallest absolute Gasteiger partial charge is 0.0585 e. The molecule has 2 unspecified atom stereocenters. The van der Waals surface area contributed by atoms with Crippen molar-refractivity contribution in [2.24, 2.45) is 5.92 Å². The van der Waals surface area contributed by atoms with E-state index in [0.717, 1.165) is 25.1 Å². The summed E-state index contributed by atoms with van der Waals surface area (Å²) in [5, 5.41) is 13.3. The van der Waals surface area contributed by atoms with Crippen LogP contribution in [0.3, 0.4) is 0 Å². The van der Waals surface area contributed by atoms with Gasteiger partial charge in [0.25, 0.3) is 0 Å². The highest BCUT2D eigenvalue weighted by molar-refractivity contribution is 5.54. The first kappa shape index (κ1) is 13.2. The topological polar surface area (TPSA) is 35.5 Å². The lowest BCUT2D eigenvalue weighted by Crippen LogP contribution is -2.30. The summed E-state index contributed by atoms with van der Waals surface area (Å²) in [5.41, 5.74) is 2.34. The zero-order chi connectivity index (χ0) is 13.0. The summed E-state index contributed by atoms with van der Waals surface area (Å²) in [6.07, 6.45) is 4.42. The number of nitrogens with zero attached hydrogens (tertiary/aromatic N) is 1. The van der Waals surface area contributed by atoms with E-state index in [0.29, 0.717) is 5.92 Å². The van der Waals surface area contributed by atoms with Gasteiger partial charge in [0.2, 0.25) is 0 Å². The summed E-state index contributed by atoms with van der Waals surface area (Å²) in [6.45, 7) is 0.877. The van der Waals surface area contributed by atoms with E-state index in [4.69, 9.17) is 0 Å². The molecule has 0 radical (unpaired) electrons. The Bertz CT molecular complexity index is 361. The van der Waals surface area contributed by atoms with Crippen molar-refractivity contribution in [3.63, 3.8) is 0 Å². The van der Waals surface area contributed by atoms with Crippen LogP contribution in [0.1, 0.15) is 25.7 Å². The molecule has 0 aliphatic heterocycles. The first-order chi connectivity index (χ1) is 8.66. The molecular weight excluding hydrogens is 224 g/mol. The van der Waals surface area contributed by atoms with Gasteiger partial charge >= 0.3 is 0 Å². The minimum Gasteiger partial charge on any atom is -0.393 e. The van der Waals surface area contributed by atoms with Gasteiger partial charge in [0.05, 0.1) is 6.10 Å². The maximum absolute atomic E-state index is 9.92. The summed E-state index contributed by atoms with van der Waals surface area (Å²) < 4.78 is 0. The van der Waals surface area contributed by atoms with Crippen LogP contribution in [0.5, 0.6) is 0 Å². The predicted molar refractivity (Wildman–Crippen MR) is 77.2 cm³/mol. The number of benzene rings is 1. The third kappa shape index (κ3) is 3.39. The Hall–Kier alpha value is -1.22. The van der Waals surface area contributed by atoms with Crippen molar-refractivity contribution >= 4 is 11.4 Å². The molecule has 2 atom stereocenters. The maximum atomic E-state index is 9.92. The quantitative estimate of drug-likeness (QED) is 0.860. The van der Waals surface area contributed by atoms with Crippen molar-refractivity contribution in [1.29, 1.82) is 0 Å². The summed E-state index contributed by atoms with van der Waals surface area (Å²) in [6, 6.07) is 8.42. The minimum absolute atomic E-state index is 0.118. The number of nitrogens with one attached hydrogen (secondary N) is 1. The van der Waals surface area contributed by atoms with Crippen molar-refractivity contribution in [1.82, 2.24) is 0 Å². The van der Waals surface area contributed by atoms with Crippen LogP contribution in [-0.2, 0) is 0 Å². The van der Waals surface area contributed by atoms with Gasteiger partial charge in [-0.25, -0.2) is 0 Å². The van der Waals surface area contributed by atoms with E-state index in [1.54, 1.807) is 0 Å². The molecule has 1 saturated carbocycles. The highest BCUT2D eigenvalue weighted by Gasteiger charge is 2.22. The monoisotopic (exact) mass is 248 g/mol. The van der Waals surface area contributed by atoms with Gasteiger partial charge in [0, 0.05) is 37.9 Å². The molecular formula is C15H24N2O. The zero-order valence-electron chi connectivity index (χ0n) is 11.4. The normalized spacial score (nSPS) is 23.7. The Morgan fingerprint density at radius 1 is 1.17 bits per heavy atom. The first-order valence-electron chi connectivity index (χ1n) is 6.86. The van der Waals surface area contributed by atoms with Gasteiger partial charge in [0.15, 0.2) is 0 Å². The highest BCUT2D eigenvalue weighted by Crippen LogP contribution is 2.25. The molecule has 1 aromatic carbocycles. The maximum Gasteiger partial charge on any atom is 0.0585 e. The lowest BCUT2D eigenvalue weighted by molar-refractivity contribution is 0.0763. The molecule has 1 aromatic rings. The van der Waals surface area contributed by atoms with Crippen LogP contribution in [0.2, 0.25) is 0 Å². The number of anilines is 2. The minimum atomic E-state index is -0.118. The number of rotatable bonds is 4. The molecule has 3 nitrogen and oxygen atoms in total. The molecule has 0 aromatic heterocycles. The summed E-state index contributed by atoms with van der Waals surface area (Å²) >= 11 is 0. The van der Waals surface area contributed by atoms with Crippen LogP contribution in [0.15, 0.2) is 24.3 Å². The van der Waals surface area contributed by atoms with Gasteiger partial charge < -0.3 is 15.3 Å². The number of aliphatic hydroxyl groups is 1. The molecule has 2 rings (SSSR count). The van der Waals surface area contributed by atoms with Crippen LogP contribution < -0.4 is 10.2 Å². The average molecular weight is 248 g/mol. The molecule has 2 N–H and O–H groups in total. The Kier molecular flexibility index (Phi) is 4.48. The second-order valence-corrected chi connectivity index (χ2v) is 5.43. The van der Waals surface area contributed by atoms with Crippen LogP contribution in [0.25, 0.3) is 0 Å². The van der Waals surface area contributed by atoms with E-state index in [9.17, 15) is 5.11 Å². The van der Waals surface area contributed by atoms with Gasteiger partial charge in [-0.05, 0) is 37.1 Å². The Balaban J connectivity index is 1.85. The lowest BCUT2D eigenvalue weighted by atomic mass is 9.86. The zero-order valence-corrected chi connectivity index (χ0v) is 11.4. The van der Waals surface area contributed by atoms with E-state index in [2.05, 4.69) is 34.5 Å². The van der Waals surface area contributed by atoms with Crippen molar-refractivity contribution in [3.8, 4) is 0 Å². The van der Waals surface area contributed by atoms with Crippen LogP contribution in [0.4, 0.5) is 11.4 Å². The third-order valence-electron chi connectivity index (χ3n) is 3.82. The first-order valence-corrected chi connectivity index (χ1v) is 6.86. The molecule has 1 aliphatic rings. The van der Waals surface area contributed by atoms with Crippen molar-refractivity contribution in [3.05, 3.63) is 24.3 Å². The van der Waals surface area contributed by atoms with Crippen molar-refractivity contribution in [2.75, 3.05) is 30.9 Å². The van der Waals surface area contributed by atoms with E-state index >= 15 is 0 Å². The summed E-state index contributed by atoms with van der Waals surface area (Å²) in [7, 11) is 4.08. The Morgan fingerprint density at radius 3 is 2.44 bits per heavy atom. The van der Waals surface area contributed by atoms with Gasteiger partial charge in [-0.15, -0.1) is 0 Å². The molecule has 1 fully saturated rings. The average Bonchev–Trinajstić information content (AvgIpc) is 2.38. The molecule has 0 spiro atoms. The fourth-order valence-corrected chi connectivity index (χ4v) is 2.55. The second kappa shape index (κ2) is 6.10. The molecule has 3 heteroatoms. The standard InChI is InChI=1S/C15H24N2O/c1-17(2)14-9-7-13(8-10-14)16-11-12-5-3-4-6-15(12)18/h7-10,12,15-16,18H,3-6,11H2,1-2H3. The van der Waals surface area contributed by atoms with E-state index in [1.165, 1.54) is 18.5 Å². The highest BCUT2D eigenvalue weighted by atomic mass is 16.3. The number of aliphatic hydroxyl groups excluding tert-OH is 1. The number of hydrogen-bond acceptors (Lipinski definition) is 3. The fraction of sp³-hybridized carbons (Fsp3) is 0.600. The molecule has 0 amide bonds. The predicted octanol–water partition coefficient (Wildman–Crippen LogP) is 2.72. The Morgan fingerprint density at radius 2 is 1.83 bits per heavy atom. The van der Waals surface area contributed by atoms with E-state index < -0.39 is 0 Å². The fourth-order valence-electron chi connectivity index (χ4n) is 2.55. The molecule has 0 bridgehead atoms.